The Balaban J connectivity index is 1.79. The van der Waals surface area contributed by atoms with Crippen molar-refractivity contribution in [3.05, 3.63) is 28.2 Å². The molecule has 2 atom stereocenters. The molecule has 0 bridgehead atoms. The highest BCUT2D eigenvalue weighted by molar-refractivity contribution is 9.10. The van der Waals surface area contributed by atoms with E-state index in [9.17, 15) is 8.42 Å². The molecule has 0 aromatic heterocycles. The summed E-state index contributed by atoms with van der Waals surface area (Å²) in [5.41, 5.74) is 1.12. The van der Waals surface area contributed by atoms with Crippen LogP contribution in [-0.4, -0.2) is 32.6 Å². The van der Waals surface area contributed by atoms with Crippen LogP contribution in [0, 0.1) is 0 Å². The zero-order valence-electron chi connectivity index (χ0n) is 10.4. The molecule has 1 aromatic rings. The zero-order valence-corrected chi connectivity index (χ0v) is 12.8. The second kappa shape index (κ2) is 5.07. The number of hydrogen-bond donors (Lipinski definition) is 1. The van der Waals surface area contributed by atoms with E-state index in [1.165, 1.54) is 0 Å². The van der Waals surface area contributed by atoms with Crippen LogP contribution in [0.1, 0.15) is 24.4 Å². The number of rotatable bonds is 2. The van der Waals surface area contributed by atoms with Gasteiger partial charge in [0.15, 0.2) is 9.84 Å². The van der Waals surface area contributed by atoms with Gasteiger partial charge in [0.05, 0.1) is 18.1 Å². The third-order valence-corrected chi connectivity index (χ3v) is 5.94. The van der Waals surface area contributed by atoms with Gasteiger partial charge >= 0.3 is 0 Å². The number of fused-ring (bicyclic) bond motifs is 1. The highest BCUT2D eigenvalue weighted by atomic mass is 79.9. The molecule has 2 aliphatic heterocycles. The minimum Gasteiger partial charge on any atom is -0.493 e. The average Bonchev–Trinajstić information content (AvgIpc) is 2.69. The fraction of sp³-hybridized carbons (Fsp3) is 0.538. The van der Waals surface area contributed by atoms with Crippen LogP contribution in [0.4, 0.5) is 0 Å². The molecule has 19 heavy (non-hydrogen) atoms. The number of hydrogen-bond acceptors (Lipinski definition) is 4. The van der Waals surface area contributed by atoms with Crippen LogP contribution in [0.2, 0.25) is 0 Å². The smallest absolute Gasteiger partial charge is 0.151 e. The molecular weight excluding hydrogens is 330 g/mol. The fourth-order valence-electron chi connectivity index (χ4n) is 2.75. The summed E-state index contributed by atoms with van der Waals surface area (Å²) in [7, 11) is -2.83. The molecule has 2 aliphatic rings. The normalized spacial score (nSPS) is 28.7. The third-order valence-electron chi connectivity index (χ3n) is 3.68. The van der Waals surface area contributed by atoms with Crippen molar-refractivity contribution in [2.45, 2.75) is 24.9 Å². The van der Waals surface area contributed by atoms with Crippen molar-refractivity contribution < 1.29 is 13.2 Å². The van der Waals surface area contributed by atoms with E-state index in [2.05, 4.69) is 27.3 Å². The summed E-state index contributed by atoms with van der Waals surface area (Å²) in [6.45, 7) is 0.672. The molecule has 2 unspecified atom stereocenters. The Bertz CT molecular complexity index is 588. The van der Waals surface area contributed by atoms with E-state index in [-0.39, 0.29) is 17.8 Å². The van der Waals surface area contributed by atoms with Crippen molar-refractivity contribution in [3.8, 4) is 5.75 Å². The van der Waals surface area contributed by atoms with Crippen molar-refractivity contribution in [1.82, 2.24) is 5.32 Å². The Morgan fingerprint density at radius 1 is 1.32 bits per heavy atom. The standard InChI is InChI=1S/C13H16BrNO3S/c14-9-1-2-13-11(7-9)12(3-5-18-13)15-10-4-6-19(16,17)8-10/h1-2,7,10,12,15H,3-6,8H2. The topological polar surface area (TPSA) is 55.4 Å². The number of benzene rings is 1. The Morgan fingerprint density at radius 2 is 2.16 bits per heavy atom. The molecule has 0 radical (unpaired) electrons. The van der Waals surface area contributed by atoms with Crippen LogP contribution in [0.25, 0.3) is 0 Å². The molecule has 2 heterocycles. The molecule has 6 heteroatoms. The van der Waals surface area contributed by atoms with Crippen LogP contribution in [0.15, 0.2) is 22.7 Å². The van der Waals surface area contributed by atoms with Crippen LogP contribution in [0.5, 0.6) is 5.75 Å². The largest absolute Gasteiger partial charge is 0.493 e. The molecule has 3 rings (SSSR count). The van der Waals surface area contributed by atoms with E-state index >= 15 is 0 Å². The summed E-state index contributed by atoms with van der Waals surface area (Å²) in [6, 6.07) is 6.22. The number of nitrogens with one attached hydrogen (secondary N) is 1. The van der Waals surface area contributed by atoms with Gasteiger partial charge in [0, 0.05) is 28.5 Å². The first kappa shape index (κ1) is 13.4. The summed E-state index contributed by atoms with van der Waals surface area (Å²) in [5.74, 6) is 1.46. The van der Waals surface area contributed by atoms with E-state index in [1.54, 1.807) is 0 Å². The van der Waals surface area contributed by atoms with Gasteiger partial charge in [0.1, 0.15) is 5.75 Å². The van der Waals surface area contributed by atoms with Gasteiger partial charge in [-0.05, 0) is 24.6 Å². The van der Waals surface area contributed by atoms with Gasteiger partial charge in [-0.3, -0.25) is 0 Å². The van der Waals surface area contributed by atoms with Crippen LogP contribution in [-0.2, 0) is 9.84 Å². The van der Waals surface area contributed by atoms with E-state index in [1.807, 2.05) is 12.1 Å². The first-order valence-electron chi connectivity index (χ1n) is 6.42. The molecular formula is C13H16BrNO3S. The molecule has 1 fully saturated rings. The minimum absolute atomic E-state index is 0.0694. The molecule has 4 nitrogen and oxygen atoms in total. The first-order chi connectivity index (χ1) is 9.03. The van der Waals surface area contributed by atoms with Crippen molar-refractivity contribution in [2.24, 2.45) is 0 Å². The Kier molecular flexibility index (Phi) is 3.57. The summed E-state index contributed by atoms with van der Waals surface area (Å²) in [5, 5.41) is 3.48. The average molecular weight is 346 g/mol. The van der Waals surface area contributed by atoms with Gasteiger partial charge in [-0.25, -0.2) is 8.42 Å². The number of ether oxygens (including phenoxy) is 1. The lowest BCUT2D eigenvalue weighted by atomic mass is 9.99. The summed E-state index contributed by atoms with van der Waals surface area (Å²) < 4.78 is 29.7. The predicted molar refractivity (Wildman–Crippen MR) is 77.2 cm³/mol. The Labute approximate surface area is 121 Å². The molecule has 1 saturated heterocycles. The first-order valence-corrected chi connectivity index (χ1v) is 9.04. The number of sulfone groups is 1. The van der Waals surface area contributed by atoms with Crippen LogP contribution in [0.3, 0.4) is 0 Å². The van der Waals surface area contributed by atoms with Crippen LogP contribution >= 0.6 is 15.9 Å². The van der Waals surface area contributed by atoms with E-state index in [4.69, 9.17) is 4.74 Å². The minimum atomic E-state index is -2.83. The maximum absolute atomic E-state index is 11.5. The van der Waals surface area contributed by atoms with E-state index in [0.29, 0.717) is 18.8 Å². The zero-order chi connectivity index (χ0) is 13.5. The van der Waals surface area contributed by atoms with Crippen molar-refractivity contribution >= 4 is 25.8 Å². The molecule has 0 spiro atoms. The highest BCUT2D eigenvalue weighted by Crippen LogP contribution is 2.34. The molecule has 1 N–H and O–H groups in total. The van der Waals surface area contributed by atoms with E-state index in [0.717, 1.165) is 22.2 Å². The highest BCUT2D eigenvalue weighted by Gasteiger charge is 2.31. The molecule has 0 aliphatic carbocycles. The Hall–Kier alpha value is -0.590. The predicted octanol–water partition coefficient (Wildman–Crippen LogP) is 2.05. The molecule has 0 amide bonds. The van der Waals surface area contributed by atoms with Gasteiger partial charge in [-0.15, -0.1) is 0 Å². The SMILES string of the molecule is O=S1(=O)CCC(NC2CCOc3ccc(Br)cc32)C1. The maximum atomic E-state index is 11.5. The van der Waals surface area contributed by atoms with Crippen molar-refractivity contribution in [3.63, 3.8) is 0 Å². The van der Waals surface area contributed by atoms with Gasteiger partial charge in [0.25, 0.3) is 0 Å². The lowest BCUT2D eigenvalue weighted by molar-refractivity contribution is 0.246. The molecule has 1 aromatic carbocycles. The second-order valence-corrected chi connectivity index (χ2v) is 8.28. The number of halogens is 1. The fourth-order valence-corrected chi connectivity index (χ4v) is 4.81. The van der Waals surface area contributed by atoms with Crippen molar-refractivity contribution in [2.75, 3.05) is 18.1 Å². The summed E-state index contributed by atoms with van der Waals surface area (Å²) in [4.78, 5) is 0. The van der Waals surface area contributed by atoms with Gasteiger partial charge in [-0.2, -0.15) is 0 Å². The van der Waals surface area contributed by atoms with Gasteiger partial charge < -0.3 is 10.1 Å². The van der Waals surface area contributed by atoms with Crippen LogP contribution < -0.4 is 10.1 Å². The second-order valence-electron chi connectivity index (χ2n) is 5.14. The van der Waals surface area contributed by atoms with Gasteiger partial charge in [-0.1, -0.05) is 15.9 Å². The summed E-state index contributed by atoms with van der Waals surface area (Å²) in [6.07, 6.45) is 1.59. The molecule has 104 valence electrons. The Morgan fingerprint density at radius 3 is 2.89 bits per heavy atom. The lowest BCUT2D eigenvalue weighted by Crippen LogP contribution is -2.36. The lowest BCUT2D eigenvalue weighted by Gasteiger charge is -2.29. The summed E-state index contributed by atoms with van der Waals surface area (Å²) >= 11 is 3.47. The van der Waals surface area contributed by atoms with E-state index < -0.39 is 9.84 Å². The quantitative estimate of drug-likeness (QED) is 0.891. The van der Waals surface area contributed by atoms with Gasteiger partial charge in [0.2, 0.25) is 0 Å². The monoisotopic (exact) mass is 345 g/mol. The van der Waals surface area contributed by atoms with Crippen molar-refractivity contribution in [1.29, 1.82) is 0 Å². The molecule has 0 saturated carbocycles. The maximum Gasteiger partial charge on any atom is 0.151 e. The third kappa shape index (κ3) is 2.95.